The van der Waals surface area contributed by atoms with E-state index in [9.17, 15) is 8.78 Å². The number of fused-ring (bicyclic) bond motifs is 1. The Labute approximate surface area is 143 Å². The number of aliphatic imine (C=N–C) groups is 1. The fraction of sp³-hybridized carbons (Fsp3) is 0.158. The van der Waals surface area contributed by atoms with Gasteiger partial charge in [-0.3, -0.25) is 4.57 Å². The van der Waals surface area contributed by atoms with Crippen molar-refractivity contribution in [2.45, 2.75) is 20.1 Å². The fourth-order valence-corrected chi connectivity index (χ4v) is 3.04. The van der Waals surface area contributed by atoms with Gasteiger partial charge in [0, 0.05) is 18.0 Å². The Balaban J connectivity index is 1.87. The summed E-state index contributed by atoms with van der Waals surface area (Å²) in [4.78, 5) is 10.5. The molecule has 1 aliphatic rings. The van der Waals surface area contributed by atoms with Gasteiger partial charge in [0.05, 0.1) is 17.2 Å². The summed E-state index contributed by atoms with van der Waals surface area (Å²) in [6.45, 7) is 3.82. The summed E-state index contributed by atoms with van der Waals surface area (Å²) in [6, 6.07) is 12.2. The number of aryl methyl sites for hydroxylation is 2. The number of aromatic nitrogens is 2. The Kier molecular flexibility index (Phi) is 3.60. The highest BCUT2D eigenvalue weighted by atomic mass is 19.1. The average Bonchev–Trinajstić information content (AvgIpc) is 2.90. The van der Waals surface area contributed by atoms with Crippen molar-refractivity contribution in [2.75, 3.05) is 4.90 Å². The van der Waals surface area contributed by atoms with Gasteiger partial charge in [-0.15, -0.1) is 0 Å². The van der Waals surface area contributed by atoms with Crippen molar-refractivity contribution in [2.24, 2.45) is 4.99 Å². The molecule has 4 nitrogen and oxygen atoms in total. The third kappa shape index (κ3) is 2.69. The molecule has 25 heavy (non-hydrogen) atoms. The van der Waals surface area contributed by atoms with Crippen LogP contribution in [-0.2, 0) is 0 Å². The molecule has 2 aromatic carbocycles. The zero-order chi connectivity index (χ0) is 17.6. The molecule has 1 atom stereocenters. The Bertz CT molecular complexity index is 1000. The molecular weight excluding hydrogens is 322 g/mol. The maximum atomic E-state index is 13.9. The first kappa shape index (κ1) is 15.5. The van der Waals surface area contributed by atoms with Crippen LogP contribution in [0.4, 0.5) is 14.5 Å². The van der Waals surface area contributed by atoms with Crippen molar-refractivity contribution >= 4 is 22.9 Å². The van der Waals surface area contributed by atoms with Gasteiger partial charge in [0.15, 0.2) is 5.83 Å². The van der Waals surface area contributed by atoms with E-state index in [1.54, 1.807) is 11.0 Å². The van der Waals surface area contributed by atoms with E-state index in [2.05, 4.69) is 9.98 Å². The lowest BCUT2D eigenvalue weighted by molar-refractivity contribution is 0.514. The van der Waals surface area contributed by atoms with Crippen LogP contribution >= 0.6 is 0 Å². The van der Waals surface area contributed by atoms with Crippen molar-refractivity contribution in [3.05, 3.63) is 71.7 Å². The van der Waals surface area contributed by atoms with Crippen LogP contribution in [0, 0.1) is 19.7 Å². The van der Waals surface area contributed by atoms with Gasteiger partial charge in [-0.05, 0) is 38.1 Å². The number of allylic oxidation sites excluding steroid dienone is 1. The number of anilines is 1. The van der Waals surface area contributed by atoms with Crippen LogP contribution in [0.15, 0.2) is 59.5 Å². The highest BCUT2D eigenvalue weighted by Crippen LogP contribution is 2.32. The Morgan fingerprint density at radius 1 is 1.00 bits per heavy atom. The molecule has 1 aliphatic heterocycles. The van der Waals surface area contributed by atoms with Crippen LogP contribution in [0.25, 0.3) is 11.0 Å². The molecule has 126 valence electrons. The summed E-state index contributed by atoms with van der Waals surface area (Å²) in [5, 5.41) is 0. The molecule has 0 saturated heterocycles. The number of halogens is 2. The topological polar surface area (TPSA) is 33.4 Å². The summed E-state index contributed by atoms with van der Waals surface area (Å²) in [7, 11) is 0. The standard InChI is InChI=1S/C19H16F2N4/c1-12-3-6-16(7-4-12)24-11-15(21)10-22-19(24)25-13(2)23-17-9-14(20)5-8-18(17)25/h3-11,19H,1-2H3. The number of benzene rings is 2. The van der Waals surface area contributed by atoms with Crippen LogP contribution in [-0.4, -0.2) is 15.8 Å². The summed E-state index contributed by atoms with van der Waals surface area (Å²) < 4.78 is 29.2. The highest BCUT2D eigenvalue weighted by Gasteiger charge is 2.25. The second-order valence-corrected chi connectivity index (χ2v) is 6.04. The molecule has 0 radical (unpaired) electrons. The predicted molar refractivity (Wildman–Crippen MR) is 94.8 cm³/mol. The van der Waals surface area contributed by atoms with Crippen LogP contribution in [0.1, 0.15) is 17.7 Å². The normalized spacial score (nSPS) is 17.2. The first-order valence-electron chi connectivity index (χ1n) is 7.92. The van der Waals surface area contributed by atoms with Crippen molar-refractivity contribution in [1.29, 1.82) is 0 Å². The van der Waals surface area contributed by atoms with Gasteiger partial charge in [-0.1, -0.05) is 17.7 Å². The molecule has 0 saturated carbocycles. The minimum atomic E-state index is -0.530. The van der Waals surface area contributed by atoms with E-state index in [-0.39, 0.29) is 5.82 Å². The number of hydrogen-bond donors (Lipinski definition) is 0. The number of rotatable bonds is 2. The molecule has 2 heterocycles. The molecule has 4 rings (SSSR count). The molecule has 0 fully saturated rings. The quantitative estimate of drug-likeness (QED) is 0.681. The summed E-state index contributed by atoms with van der Waals surface area (Å²) >= 11 is 0. The van der Waals surface area contributed by atoms with E-state index >= 15 is 0 Å². The van der Waals surface area contributed by atoms with Crippen LogP contribution in [0.3, 0.4) is 0 Å². The number of imidazole rings is 1. The third-order valence-corrected chi connectivity index (χ3v) is 4.23. The zero-order valence-corrected chi connectivity index (χ0v) is 13.8. The summed E-state index contributed by atoms with van der Waals surface area (Å²) in [5.41, 5.74) is 3.22. The Hall–Kier alpha value is -3.02. The maximum Gasteiger partial charge on any atom is 0.208 e. The molecule has 1 unspecified atom stereocenters. The van der Waals surface area contributed by atoms with Gasteiger partial charge in [-0.25, -0.2) is 18.8 Å². The molecule has 1 aromatic heterocycles. The lowest BCUT2D eigenvalue weighted by Gasteiger charge is -2.31. The minimum absolute atomic E-state index is 0.342. The fourth-order valence-electron chi connectivity index (χ4n) is 3.04. The van der Waals surface area contributed by atoms with E-state index < -0.39 is 12.1 Å². The molecule has 3 aromatic rings. The summed E-state index contributed by atoms with van der Waals surface area (Å²) in [5.74, 6) is -0.0915. The van der Waals surface area contributed by atoms with E-state index in [1.165, 1.54) is 24.5 Å². The summed E-state index contributed by atoms with van der Waals surface area (Å²) in [6.07, 6.45) is 2.08. The van der Waals surface area contributed by atoms with Gasteiger partial charge in [0.1, 0.15) is 11.6 Å². The number of nitrogens with zero attached hydrogens (tertiary/aromatic N) is 4. The Morgan fingerprint density at radius 2 is 1.76 bits per heavy atom. The first-order chi connectivity index (χ1) is 12.0. The SMILES string of the molecule is Cc1ccc(N2C=C(F)C=NC2n2c(C)nc3cc(F)ccc32)cc1. The molecule has 0 bridgehead atoms. The van der Waals surface area contributed by atoms with Crippen molar-refractivity contribution < 1.29 is 8.78 Å². The lowest BCUT2D eigenvalue weighted by atomic mass is 10.2. The van der Waals surface area contributed by atoms with E-state index in [4.69, 9.17) is 0 Å². The smallest absolute Gasteiger partial charge is 0.208 e. The van der Waals surface area contributed by atoms with Gasteiger partial charge >= 0.3 is 0 Å². The van der Waals surface area contributed by atoms with E-state index in [0.717, 1.165) is 16.8 Å². The Morgan fingerprint density at radius 3 is 2.52 bits per heavy atom. The molecule has 0 aliphatic carbocycles. The molecule has 6 heteroatoms. The highest BCUT2D eigenvalue weighted by molar-refractivity contribution is 5.80. The van der Waals surface area contributed by atoms with Crippen LogP contribution in [0.2, 0.25) is 0 Å². The average molecular weight is 338 g/mol. The zero-order valence-electron chi connectivity index (χ0n) is 13.8. The van der Waals surface area contributed by atoms with Gasteiger partial charge < -0.3 is 4.90 Å². The van der Waals surface area contributed by atoms with Gasteiger partial charge in [0.25, 0.3) is 0 Å². The molecule has 0 N–H and O–H groups in total. The van der Waals surface area contributed by atoms with Crippen molar-refractivity contribution in [1.82, 2.24) is 9.55 Å². The largest absolute Gasteiger partial charge is 0.305 e. The molecular formula is C19H16F2N4. The lowest BCUT2D eigenvalue weighted by Crippen LogP contribution is -2.30. The monoisotopic (exact) mass is 338 g/mol. The second kappa shape index (κ2) is 5.81. The molecule has 0 spiro atoms. The number of hydrogen-bond acceptors (Lipinski definition) is 3. The van der Waals surface area contributed by atoms with E-state index in [0.29, 0.717) is 11.3 Å². The molecule has 0 amide bonds. The third-order valence-electron chi connectivity index (χ3n) is 4.23. The minimum Gasteiger partial charge on any atom is -0.305 e. The van der Waals surface area contributed by atoms with Crippen LogP contribution in [0.5, 0.6) is 0 Å². The van der Waals surface area contributed by atoms with Gasteiger partial charge in [0.2, 0.25) is 6.29 Å². The van der Waals surface area contributed by atoms with Crippen molar-refractivity contribution in [3.8, 4) is 0 Å². The van der Waals surface area contributed by atoms with Crippen LogP contribution < -0.4 is 4.90 Å². The van der Waals surface area contributed by atoms with E-state index in [1.807, 2.05) is 42.7 Å². The van der Waals surface area contributed by atoms with Crippen molar-refractivity contribution in [3.63, 3.8) is 0 Å². The first-order valence-corrected chi connectivity index (χ1v) is 7.92. The van der Waals surface area contributed by atoms with Gasteiger partial charge in [-0.2, -0.15) is 0 Å². The second-order valence-electron chi connectivity index (χ2n) is 6.04. The predicted octanol–water partition coefficient (Wildman–Crippen LogP) is 4.65. The maximum absolute atomic E-state index is 13.9.